The minimum atomic E-state index is -1.51. The summed E-state index contributed by atoms with van der Waals surface area (Å²) in [6.07, 6.45) is -1.91. The van der Waals surface area contributed by atoms with Gasteiger partial charge in [-0.2, -0.15) is 0 Å². The van der Waals surface area contributed by atoms with Gasteiger partial charge in [-0.3, -0.25) is 0 Å². The second-order valence-corrected chi connectivity index (χ2v) is 3.62. The van der Waals surface area contributed by atoms with E-state index in [1.807, 2.05) is 0 Å². The van der Waals surface area contributed by atoms with Gasteiger partial charge in [-0.05, 0) is 5.56 Å². The summed E-state index contributed by atoms with van der Waals surface area (Å²) in [4.78, 5) is 24.8. The van der Waals surface area contributed by atoms with E-state index in [0.29, 0.717) is 11.1 Å². The fourth-order valence-corrected chi connectivity index (χ4v) is 1.59. The highest BCUT2D eigenvalue weighted by Gasteiger charge is 2.13. The lowest BCUT2D eigenvalue weighted by Crippen LogP contribution is -2.07. The van der Waals surface area contributed by atoms with Crippen molar-refractivity contribution in [2.45, 2.75) is 0 Å². The lowest BCUT2D eigenvalue weighted by molar-refractivity contribution is 0.140. The van der Waals surface area contributed by atoms with Crippen LogP contribution in [0, 0.1) is 0 Å². The predicted molar refractivity (Wildman–Crippen MR) is 67.0 cm³/mol. The van der Waals surface area contributed by atoms with E-state index in [2.05, 4.69) is 14.5 Å². The van der Waals surface area contributed by atoms with Gasteiger partial charge in [0.25, 0.3) is 0 Å². The quantitative estimate of drug-likeness (QED) is 0.829. The lowest BCUT2D eigenvalue weighted by atomic mass is 10.1. The first kappa shape index (κ1) is 13.3. The number of ether oxygens (including phenoxy) is 2. The van der Waals surface area contributed by atoms with Gasteiger partial charge in [-0.15, -0.1) is 0 Å². The van der Waals surface area contributed by atoms with Gasteiger partial charge in [0.05, 0.1) is 6.20 Å². The summed E-state index contributed by atoms with van der Waals surface area (Å²) in [6.45, 7) is 0. The Kier molecular flexibility index (Phi) is 3.80. The topological polar surface area (TPSA) is 106 Å². The smallest absolute Gasteiger partial charge is 0.449 e. The zero-order chi connectivity index (χ0) is 14.5. The summed E-state index contributed by atoms with van der Waals surface area (Å²) in [5.74, 6) is -0.185. The molecule has 102 valence electrons. The molecule has 2 aromatic rings. The van der Waals surface area contributed by atoms with Gasteiger partial charge < -0.3 is 19.7 Å². The minimum absolute atomic E-state index is 0.0126. The maximum absolute atomic E-state index is 10.6. The number of hydrogen-bond acceptors (Lipinski definition) is 5. The molecule has 0 radical (unpaired) electrons. The maximum Gasteiger partial charge on any atom is 0.512 e. The van der Waals surface area contributed by atoms with Crippen LogP contribution in [-0.4, -0.2) is 27.5 Å². The summed E-state index contributed by atoms with van der Waals surface area (Å²) >= 11 is 0. The van der Waals surface area contributed by atoms with Gasteiger partial charge >= 0.3 is 12.3 Å². The monoisotopic (exact) mass is 275 g/mol. The van der Waals surface area contributed by atoms with Crippen molar-refractivity contribution < 1.29 is 29.3 Å². The Hall–Kier alpha value is -3.09. The third kappa shape index (κ3) is 3.22. The van der Waals surface area contributed by atoms with Crippen LogP contribution >= 0.6 is 0 Å². The highest BCUT2D eigenvalue weighted by atomic mass is 16.7. The Morgan fingerprint density at radius 1 is 1.00 bits per heavy atom. The molecule has 0 saturated carbocycles. The first-order valence-electron chi connectivity index (χ1n) is 5.43. The standard InChI is InChI=1S/C13H9NO6/c15-12(16)19-10-7-14-11(20-13(17)18)6-9(10)8-4-2-1-3-5-8/h1-7H,(H,15,16)(H,17,18). The SMILES string of the molecule is O=C(O)Oc1cc(-c2ccccc2)c(OC(=O)O)cn1. The average molecular weight is 275 g/mol. The van der Waals surface area contributed by atoms with E-state index < -0.39 is 12.3 Å². The summed E-state index contributed by atoms with van der Waals surface area (Å²) in [6, 6.07) is 10.0. The molecule has 2 rings (SSSR count). The predicted octanol–water partition coefficient (Wildman–Crippen LogP) is 2.86. The molecule has 7 heteroatoms. The molecule has 0 spiro atoms. The van der Waals surface area contributed by atoms with Crippen LogP contribution in [0.5, 0.6) is 11.6 Å². The van der Waals surface area contributed by atoms with Crippen LogP contribution in [0.3, 0.4) is 0 Å². The highest BCUT2D eigenvalue weighted by molar-refractivity contribution is 5.75. The van der Waals surface area contributed by atoms with Crippen molar-refractivity contribution in [3.8, 4) is 22.8 Å². The van der Waals surface area contributed by atoms with E-state index in [1.165, 1.54) is 6.07 Å². The van der Waals surface area contributed by atoms with Gasteiger partial charge in [0.1, 0.15) is 0 Å². The Morgan fingerprint density at radius 2 is 1.65 bits per heavy atom. The van der Waals surface area contributed by atoms with Crippen LogP contribution in [0.4, 0.5) is 9.59 Å². The van der Waals surface area contributed by atoms with Crippen molar-refractivity contribution in [1.29, 1.82) is 0 Å². The molecule has 20 heavy (non-hydrogen) atoms. The Balaban J connectivity index is 2.48. The van der Waals surface area contributed by atoms with Gasteiger partial charge in [-0.1, -0.05) is 30.3 Å². The first-order chi connectivity index (χ1) is 9.56. The molecule has 0 amide bonds. The highest BCUT2D eigenvalue weighted by Crippen LogP contribution is 2.32. The zero-order valence-corrected chi connectivity index (χ0v) is 10.0. The van der Waals surface area contributed by atoms with Crippen molar-refractivity contribution in [2.75, 3.05) is 0 Å². The maximum atomic E-state index is 10.6. The number of pyridine rings is 1. The molecule has 0 atom stereocenters. The molecule has 1 aromatic carbocycles. The second kappa shape index (κ2) is 5.70. The van der Waals surface area contributed by atoms with Crippen molar-refractivity contribution >= 4 is 12.3 Å². The van der Waals surface area contributed by atoms with E-state index in [0.717, 1.165) is 6.20 Å². The van der Waals surface area contributed by atoms with E-state index in [9.17, 15) is 9.59 Å². The molecule has 0 aliphatic rings. The van der Waals surface area contributed by atoms with Crippen LogP contribution in [0.25, 0.3) is 11.1 Å². The molecule has 0 fully saturated rings. The van der Waals surface area contributed by atoms with Crippen LogP contribution in [-0.2, 0) is 0 Å². The normalized spacial score (nSPS) is 9.80. The number of benzene rings is 1. The fraction of sp³-hybridized carbons (Fsp3) is 0. The summed E-state index contributed by atoms with van der Waals surface area (Å²) in [5, 5.41) is 17.2. The van der Waals surface area contributed by atoms with Crippen LogP contribution in [0.2, 0.25) is 0 Å². The van der Waals surface area contributed by atoms with E-state index in [4.69, 9.17) is 10.2 Å². The summed E-state index contributed by atoms with van der Waals surface area (Å²) in [7, 11) is 0. The van der Waals surface area contributed by atoms with E-state index >= 15 is 0 Å². The second-order valence-electron chi connectivity index (χ2n) is 3.62. The van der Waals surface area contributed by atoms with Gasteiger partial charge in [0.15, 0.2) is 5.75 Å². The molecule has 2 N–H and O–H groups in total. The number of rotatable bonds is 3. The summed E-state index contributed by atoms with van der Waals surface area (Å²) in [5.41, 5.74) is 1.00. The molecule has 1 heterocycles. The number of hydrogen-bond donors (Lipinski definition) is 2. The van der Waals surface area contributed by atoms with E-state index in [1.54, 1.807) is 30.3 Å². The lowest BCUT2D eigenvalue weighted by Gasteiger charge is -2.09. The molecule has 0 saturated heterocycles. The Morgan fingerprint density at radius 3 is 2.25 bits per heavy atom. The van der Waals surface area contributed by atoms with E-state index in [-0.39, 0.29) is 11.6 Å². The van der Waals surface area contributed by atoms with Crippen molar-refractivity contribution in [1.82, 2.24) is 4.98 Å². The van der Waals surface area contributed by atoms with Crippen LogP contribution in [0.1, 0.15) is 0 Å². The van der Waals surface area contributed by atoms with Gasteiger partial charge in [-0.25, -0.2) is 14.6 Å². The Labute approximate surface area is 113 Å². The molecule has 1 aromatic heterocycles. The number of carbonyl (C=O) groups is 2. The molecule has 0 unspecified atom stereocenters. The molecule has 0 bridgehead atoms. The fourth-order valence-electron chi connectivity index (χ4n) is 1.59. The van der Waals surface area contributed by atoms with Gasteiger partial charge in [0.2, 0.25) is 5.88 Å². The largest absolute Gasteiger partial charge is 0.512 e. The third-order valence-electron chi connectivity index (χ3n) is 2.32. The Bertz CT molecular complexity index is 641. The minimum Gasteiger partial charge on any atom is -0.449 e. The number of nitrogens with zero attached hydrogens (tertiary/aromatic N) is 1. The molecule has 0 aliphatic carbocycles. The number of aromatic nitrogens is 1. The first-order valence-corrected chi connectivity index (χ1v) is 5.43. The third-order valence-corrected chi connectivity index (χ3v) is 2.32. The summed E-state index contributed by atoms with van der Waals surface area (Å²) < 4.78 is 9.05. The zero-order valence-electron chi connectivity index (χ0n) is 10.0. The average Bonchev–Trinajstić information content (AvgIpc) is 2.40. The molecular formula is C13H9NO6. The van der Waals surface area contributed by atoms with Crippen LogP contribution in [0.15, 0.2) is 42.6 Å². The number of carboxylic acid groups (broad SMARTS) is 2. The molecule has 0 aliphatic heterocycles. The van der Waals surface area contributed by atoms with Gasteiger partial charge in [0, 0.05) is 11.6 Å². The molecule has 7 nitrogen and oxygen atoms in total. The van der Waals surface area contributed by atoms with Crippen molar-refractivity contribution in [3.63, 3.8) is 0 Å². The van der Waals surface area contributed by atoms with Crippen LogP contribution < -0.4 is 9.47 Å². The van der Waals surface area contributed by atoms with Crippen molar-refractivity contribution in [2.24, 2.45) is 0 Å². The molecular weight excluding hydrogens is 266 g/mol. The van der Waals surface area contributed by atoms with Crippen molar-refractivity contribution in [3.05, 3.63) is 42.6 Å².